The number of pyridine rings is 1. The van der Waals surface area contributed by atoms with Crippen molar-refractivity contribution in [2.45, 2.75) is 12.5 Å². The molecule has 0 radical (unpaired) electrons. The van der Waals surface area contributed by atoms with Gasteiger partial charge in [0.2, 0.25) is 0 Å². The normalized spacial score (nSPS) is 12.9. The molecule has 12 heavy (non-hydrogen) atoms. The minimum absolute atomic E-state index is 0.0749. The van der Waals surface area contributed by atoms with E-state index < -0.39 is 0 Å². The van der Waals surface area contributed by atoms with Crippen LogP contribution in [0.3, 0.4) is 0 Å². The van der Waals surface area contributed by atoms with E-state index in [0.29, 0.717) is 11.4 Å². The third kappa shape index (κ3) is 2.44. The lowest BCUT2D eigenvalue weighted by Gasteiger charge is -2.08. The number of hydrogen-bond acceptors (Lipinski definition) is 3. The van der Waals surface area contributed by atoms with Crippen LogP contribution >= 0.6 is 11.6 Å². The predicted octanol–water partition coefficient (Wildman–Crippen LogP) is 1.12. The molecule has 0 saturated carbocycles. The number of rotatable bonds is 3. The highest BCUT2D eigenvalue weighted by molar-refractivity contribution is 6.30. The average Bonchev–Trinajstić information content (AvgIpc) is 2.06. The van der Waals surface area contributed by atoms with E-state index in [9.17, 15) is 0 Å². The first-order valence-electron chi connectivity index (χ1n) is 3.72. The third-order valence-corrected chi connectivity index (χ3v) is 1.79. The van der Waals surface area contributed by atoms with E-state index >= 15 is 0 Å². The van der Waals surface area contributed by atoms with E-state index in [1.54, 1.807) is 18.3 Å². The van der Waals surface area contributed by atoms with Crippen LogP contribution in [0.25, 0.3) is 0 Å². The maximum atomic E-state index is 8.62. The Balaban J connectivity index is 2.68. The first kappa shape index (κ1) is 9.45. The van der Waals surface area contributed by atoms with Crippen LogP contribution in [0.1, 0.15) is 18.2 Å². The molecule has 0 saturated heterocycles. The van der Waals surface area contributed by atoms with Crippen molar-refractivity contribution in [2.75, 3.05) is 6.61 Å². The summed E-state index contributed by atoms with van der Waals surface area (Å²) < 4.78 is 0. The number of halogens is 1. The van der Waals surface area contributed by atoms with Crippen molar-refractivity contribution in [3.05, 3.63) is 29.0 Å². The molecular weight excluding hydrogens is 176 g/mol. The molecule has 3 nitrogen and oxygen atoms in total. The van der Waals surface area contributed by atoms with E-state index in [2.05, 4.69) is 4.98 Å². The van der Waals surface area contributed by atoms with Gasteiger partial charge in [-0.05, 0) is 18.6 Å². The summed E-state index contributed by atoms with van der Waals surface area (Å²) in [7, 11) is 0. The number of aromatic nitrogens is 1. The summed E-state index contributed by atoms with van der Waals surface area (Å²) in [6, 6.07) is 3.30. The lowest BCUT2D eigenvalue weighted by atomic mass is 10.1. The summed E-state index contributed by atoms with van der Waals surface area (Å²) in [5.74, 6) is 0. The Bertz CT molecular complexity index is 237. The van der Waals surface area contributed by atoms with Gasteiger partial charge in [0.25, 0.3) is 0 Å². The molecule has 4 heteroatoms. The maximum Gasteiger partial charge on any atom is 0.0589 e. The van der Waals surface area contributed by atoms with Gasteiger partial charge < -0.3 is 10.8 Å². The molecule has 66 valence electrons. The van der Waals surface area contributed by atoms with E-state index in [1.807, 2.05) is 0 Å². The molecule has 1 unspecified atom stereocenters. The number of aliphatic hydroxyl groups excluding tert-OH is 1. The van der Waals surface area contributed by atoms with Crippen molar-refractivity contribution in [1.29, 1.82) is 0 Å². The van der Waals surface area contributed by atoms with E-state index in [-0.39, 0.29) is 12.6 Å². The van der Waals surface area contributed by atoms with Crippen molar-refractivity contribution in [1.82, 2.24) is 4.98 Å². The van der Waals surface area contributed by atoms with Crippen molar-refractivity contribution < 1.29 is 5.11 Å². The van der Waals surface area contributed by atoms with Crippen LogP contribution in [-0.2, 0) is 0 Å². The molecule has 1 atom stereocenters. The minimum atomic E-state index is -0.202. The van der Waals surface area contributed by atoms with Gasteiger partial charge in [-0.15, -0.1) is 0 Å². The molecule has 1 rings (SSSR count). The second-order valence-electron chi connectivity index (χ2n) is 2.52. The molecule has 0 aliphatic rings. The topological polar surface area (TPSA) is 59.1 Å². The standard InChI is InChI=1S/C8H11ClN2O/c9-6-1-2-8(11-5-6)7(10)3-4-12/h1-2,5,7,12H,3-4,10H2. The SMILES string of the molecule is NC(CCO)c1ccc(Cl)cn1. The van der Waals surface area contributed by atoms with Crippen molar-refractivity contribution in [3.8, 4) is 0 Å². The highest BCUT2D eigenvalue weighted by Gasteiger charge is 2.05. The van der Waals surface area contributed by atoms with Crippen molar-refractivity contribution in [3.63, 3.8) is 0 Å². The van der Waals surface area contributed by atoms with Gasteiger partial charge in [-0.2, -0.15) is 0 Å². The molecule has 1 aromatic heterocycles. The highest BCUT2D eigenvalue weighted by atomic mass is 35.5. The number of hydrogen-bond donors (Lipinski definition) is 2. The average molecular weight is 187 g/mol. The zero-order chi connectivity index (χ0) is 8.97. The molecule has 1 aromatic rings. The van der Waals surface area contributed by atoms with Gasteiger partial charge in [-0.25, -0.2) is 0 Å². The predicted molar refractivity (Wildman–Crippen MR) is 47.9 cm³/mol. The van der Waals surface area contributed by atoms with Crippen LogP contribution in [0, 0.1) is 0 Å². The van der Waals surface area contributed by atoms with Crippen LogP contribution < -0.4 is 5.73 Å². The molecule has 0 aliphatic heterocycles. The Hall–Kier alpha value is -0.640. The Morgan fingerprint density at radius 1 is 1.58 bits per heavy atom. The third-order valence-electron chi connectivity index (χ3n) is 1.57. The van der Waals surface area contributed by atoms with Crippen LogP contribution in [0.5, 0.6) is 0 Å². The van der Waals surface area contributed by atoms with Crippen LogP contribution in [0.2, 0.25) is 5.02 Å². The second kappa shape index (κ2) is 4.40. The lowest BCUT2D eigenvalue weighted by molar-refractivity contribution is 0.275. The number of nitrogens with two attached hydrogens (primary N) is 1. The van der Waals surface area contributed by atoms with Crippen molar-refractivity contribution >= 4 is 11.6 Å². The Morgan fingerprint density at radius 2 is 2.33 bits per heavy atom. The maximum absolute atomic E-state index is 8.62. The number of nitrogens with zero attached hydrogens (tertiary/aromatic N) is 1. The fraction of sp³-hybridized carbons (Fsp3) is 0.375. The fourth-order valence-electron chi connectivity index (χ4n) is 0.894. The molecule has 0 spiro atoms. The van der Waals surface area contributed by atoms with Gasteiger partial charge in [-0.3, -0.25) is 4.98 Å². The molecule has 0 amide bonds. The first-order chi connectivity index (χ1) is 5.74. The van der Waals surface area contributed by atoms with Crippen molar-refractivity contribution in [2.24, 2.45) is 5.73 Å². The Labute approximate surface area is 76.2 Å². The first-order valence-corrected chi connectivity index (χ1v) is 4.09. The number of aliphatic hydroxyl groups is 1. The van der Waals surface area contributed by atoms with Gasteiger partial charge in [0, 0.05) is 18.8 Å². The molecule has 0 aromatic carbocycles. The molecule has 0 aliphatic carbocycles. The molecular formula is C8H11ClN2O. The molecule has 0 bridgehead atoms. The van der Waals surface area contributed by atoms with Gasteiger partial charge in [0.15, 0.2) is 0 Å². The zero-order valence-electron chi connectivity index (χ0n) is 6.57. The van der Waals surface area contributed by atoms with Crippen LogP contribution in [-0.4, -0.2) is 16.7 Å². The fourth-order valence-corrected chi connectivity index (χ4v) is 1.01. The van der Waals surface area contributed by atoms with E-state index in [4.69, 9.17) is 22.4 Å². The monoisotopic (exact) mass is 186 g/mol. The van der Waals surface area contributed by atoms with Gasteiger partial charge in [0.1, 0.15) is 0 Å². The Kier molecular flexibility index (Phi) is 3.47. The van der Waals surface area contributed by atoms with Gasteiger partial charge in [0.05, 0.1) is 10.7 Å². The van der Waals surface area contributed by atoms with Gasteiger partial charge >= 0.3 is 0 Å². The largest absolute Gasteiger partial charge is 0.396 e. The van der Waals surface area contributed by atoms with E-state index in [1.165, 1.54) is 0 Å². The van der Waals surface area contributed by atoms with Crippen LogP contribution in [0.4, 0.5) is 0 Å². The molecule has 3 N–H and O–H groups in total. The molecule has 1 heterocycles. The summed E-state index contributed by atoms with van der Waals surface area (Å²) >= 11 is 5.64. The second-order valence-corrected chi connectivity index (χ2v) is 2.96. The quantitative estimate of drug-likeness (QED) is 0.744. The summed E-state index contributed by atoms with van der Waals surface area (Å²) in [5, 5.41) is 9.21. The summed E-state index contributed by atoms with van der Waals surface area (Å²) in [4.78, 5) is 4.03. The highest BCUT2D eigenvalue weighted by Crippen LogP contribution is 2.13. The van der Waals surface area contributed by atoms with E-state index in [0.717, 1.165) is 5.69 Å². The molecule has 0 fully saturated rings. The van der Waals surface area contributed by atoms with Gasteiger partial charge in [-0.1, -0.05) is 11.6 Å². The zero-order valence-corrected chi connectivity index (χ0v) is 7.33. The summed E-state index contributed by atoms with van der Waals surface area (Å²) in [5.41, 5.74) is 6.45. The minimum Gasteiger partial charge on any atom is -0.396 e. The smallest absolute Gasteiger partial charge is 0.0589 e. The van der Waals surface area contributed by atoms with Crippen LogP contribution in [0.15, 0.2) is 18.3 Å². The summed E-state index contributed by atoms with van der Waals surface area (Å²) in [6.07, 6.45) is 2.07. The lowest BCUT2D eigenvalue weighted by Crippen LogP contribution is -2.13. The summed E-state index contributed by atoms with van der Waals surface area (Å²) in [6.45, 7) is 0.0749. The Morgan fingerprint density at radius 3 is 2.83 bits per heavy atom.